The van der Waals surface area contributed by atoms with Crippen molar-refractivity contribution < 1.29 is 0 Å². The van der Waals surface area contributed by atoms with Gasteiger partial charge in [-0.3, -0.25) is 0 Å². The van der Waals surface area contributed by atoms with Gasteiger partial charge in [0.05, 0.1) is 0 Å². The van der Waals surface area contributed by atoms with E-state index in [0.717, 1.165) is 24.4 Å². The van der Waals surface area contributed by atoms with Crippen molar-refractivity contribution in [3.05, 3.63) is 0 Å². The topological polar surface area (TPSA) is 29.3 Å². The molecule has 3 unspecified atom stereocenters. The molecule has 1 aliphatic carbocycles. The lowest BCUT2D eigenvalue weighted by Gasteiger charge is -2.34. The van der Waals surface area contributed by atoms with Crippen molar-refractivity contribution >= 4 is 0 Å². The van der Waals surface area contributed by atoms with E-state index < -0.39 is 0 Å². The van der Waals surface area contributed by atoms with Gasteiger partial charge in [0, 0.05) is 6.04 Å². The molecule has 1 saturated carbocycles. The van der Waals surface area contributed by atoms with E-state index in [1.165, 1.54) is 51.5 Å². The van der Waals surface area contributed by atoms with Gasteiger partial charge in [0.25, 0.3) is 0 Å². The summed E-state index contributed by atoms with van der Waals surface area (Å²) in [5.74, 6) is 1.70. The van der Waals surface area contributed by atoms with Gasteiger partial charge < -0.3 is 10.6 Å². The summed E-state index contributed by atoms with van der Waals surface area (Å²) in [4.78, 5) is 2.62. The number of nitrogens with zero attached hydrogens (tertiary/aromatic N) is 1. The van der Waals surface area contributed by atoms with Gasteiger partial charge in [0.2, 0.25) is 0 Å². The third-order valence-electron chi connectivity index (χ3n) is 4.59. The average molecular weight is 210 g/mol. The first kappa shape index (κ1) is 11.4. The van der Waals surface area contributed by atoms with Gasteiger partial charge in [-0.2, -0.15) is 0 Å². The van der Waals surface area contributed by atoms with Crippen LogP contribution in [0.25, 0.3) is 0 Å². The molecule has 3 atom stereocenters. The molecule has 1 saturated heterocycles. The molecule has 0 aromatic rings. The standard InChI is InChI=1S/C13H26N2/c1-15-9-5-6-11(10-14)12-7-3-2-4-8-13(12)15/h11-13H,2-10,14H2,1H3. The molecule has 2 rings (SSSR count). The molecule has 2 aliphatic rings. The number of hydrogen-bond acceptors (Lipinski definition) is 2. The fraction of sp³-hybridized carbons (Fsp3) is 1.00. The molecule has 88 valence electrons. The Morgan fingerprint density at radius 1 is 1.07 bits per heavy atom. The lowest BCUT2D eigenvalue weighted by Crippen LogP contribution is -2.39. The Kier molecular flexibility index (Phi) is 4.04. The van der Waals surface area contributed by atoms with Crippen molar-refractivity contribution in [1.82, 2.24) is 4.90 Å². The van der Waals surface area contributed by atoms with E-state index in [4.69, 9.17) is 5.73 Å². The molecular formula is C13H26N2. The largest absolute Gasteiger partial charge is 0.330 e. The fourth-order valence-corrected chi connectivity index (χ4v) is 3.69. The van der Waals surface area contributed by atoms with Crippen molar-refractivity contribution in [2.24, 2.45) is 17.6 Å². The first-order valence-corrected chi connectivity index (χ1v) is 6.73. The maximum Gasteiger partial charge on any atom is 0.0124 e. The van der Waals surface area contributed by atoms with E-state index >= 15 is 0 Å². The van der Waals surface area contributed by atoms with Crippen LogP contribution in [0, 0.1) is 11.8 Å². The van der Waals surface area contributed by atoms with Gasteiger partial charge >= 0.3 is 0 Å². The second-order valence-electron chi connectivity index (χ2n) is 5.49. The Labute approximate surface area is 94.2 Å². The molecule has 0 aromatic heterocycles. The van der Waals surface area contributed by atoms with Crippen LogP contribution in [0.15, 0.2) is 0 Å². The highest BCUT2D eigenvalue weighted by Crippen LogP contribution is 2.36. The molecule has 0 aromatic carbocycles. The molecule has 15 heavy (non-hydrogen) atoms. The predicted molar refractivity (Wildman–Crippen MR) is 64.8 cm³/mol. The van der Waals surface area contributed by atoms with Crippen molar-refractivity contribution in [2.45, 2.75) is 51.0 Å². The normalized spacial score (nSPS) is 39.2. The van der Waals surface area contributed by atoms with E-state index in [2.05, 4.69) is 11.9 Å². The molecule has 2 heteroatoms. The van der Waals surface area contributed by atoms with E-state index in [0.29, 0.717) is 0 Å². The Morgan fingerprint density at radius 2 is 1.87 bits per heavy atom. The molecule has 0 radical (unpaired) electrons. The van der Waals surface area contributed by atoms with Gasteiger partial charge in [-0.25, -0.2) is 0 Å². The van der Waals surface area contributed by atoms with Gasteiger partial charge in [0.15, 0.2) is 0 Å². The number of hydrogen-bond donors (Lipinski definition) is 1. The zero-order chi connectivity index (χ0) is 10.7. The monoisotopic (exact) mass is 210 g/mol. The van der Waals surface area contributed by atoms with Crippen molar-refractivity contribution in [3.8, 4) is 0 Å². The average Bonchev–Trinajstić information content (AvgIpc) is 2.55. The molecule has 1 aliphatic heterocycles. The highest BCUT2D eigenvalue weighted by Gasteiger charge is 2.34. The number of nitrogens with two attached hydrogens (primary N) is 1. The highest BCUT2D eigenvalue weighted by atomic mass is 15.1. The second-order valence-corrected chi connectivity index (χ2v) is 5.49. The SMILES string of the molecule is CN1CCCC(CN)C2CCCCCC21. The third kappa shape index (κ3) is 2.54. The first-order chi connectivity index (χ1) is 7.33. The van der Waals surface area contributed by atoms with Crippen LogP contribution in [0.5, 0.6) is 0 Å². The van der Waals surface area contributed by atoms with Crippen molar-refractivity contribution in [1.29, 1.82) is 0 Å². The lowest BCUT2D eigenvalue weighted by atomic mass is 9.81. The minimum atomic E-state index is 0.804. The summed E-state index contributed by atoms with van der Waals surface area (Å²) < 4.78 is 0. The van der Waals surface area contributed by atoms with E-state index in [1.807, 2.05) is 0 Å². The first-order valence-electron chi connectivity index (χ1n) is 6.73. The predicted octanol–water partition coefficient (Wildman–Crippen LogP) is 2.24. The minimum Gasteiger partial charge on any atom is -0.330 e. The molecule has 1 heterocycles. The maximum absolute atomic E-state index is 5.96. The quantitative estimate of drug-likeness (QED) is 0.719. The van der Waals surface area contributed by atoms with Crippen LogP contribution in [-0.4, -0.2) is 31.1 Å². The van der Waals surface area contributed by atoms with Crippen LogP contribution in [0.3, 0.4) is 0 Å². The summed E-state index contributed by atoms with van der Waals surface area (Å²) in [5.41, 5.74) is 5.96. The minimum absolute atomic E-state index is 0.804. The summed E-state index contributed by atoms with van der Waals surface area (Å²) in [7, 11) is 2.32. The molecule has 2 N–H and O–H groups in total. The maximum atomic E-state index is 5.96. The van der Waals surface area contributed by atoms with Crippen LogP contribution in [0.4, 0.5) is 0 Å². The molecule has 2 fully saturated rings. The van der Waals surface area contributed by atoms with Gasteiger partial charge in [-0.05, 0) is 57.7 Å². The smallest absolute Gasteiger partial charge is 0.0124 e. The fourth-order valence-electron chi connectivity index (χ4n) is 3.69. The molecular weight excluding hydrogens is 184 g/mol. The van der Waals surface area contributed by atoms with Gasteiger partial charge in [-0.1, -0.05) is 19.3 Å². The van der Waals surface area contributed by atoms with Crippen LogP contribution in [0.1, 0.15) is 44.9 Å². The van der Waals surface area contributed by atoms with Gasteiger partial charge in [0.1, 0.15) is 0 Å². The van der Waals surface area contributed by atoms with Crippen molar-refractivity contribution in [2.75, 3.05) is 20.1 Å². The van der Waals surface area contributed by atoms with E-state index in [9.17, 15) is 0 Å². The van der Waals surface area contributed by atoms with Crippen LogP contribution < -0.4 is 5.73 Å². The molecule has 0 spiro atoms. The lowest BCUT2D eigenvalue weighted by molar-refractivity contribution is 0.152. The number of likely N-dealkylation sites (tertiary alicyclic amines) is 1. The van der Waals surface area contributed by atoms with Crippen LogP contribution in [0.2, 0.25) is 0 Å². The molecule has 2 nitrogen and oxygen atoms in total. The zero-order valence-corrected chi connectivity index (χ0v) is 10.1. The second kappa shape index (κ2) is 5.31. The summed E-state index contributed by atoms with van der Waals surface area (Å²) >= 11 is 0. The third-order valence-corrected chi connectivity index (χ3v) is 4.59. The van der Waals surface area contributed by atoms with Gasteiger partial charge in [-0.15, -0.1) is 0 Å². The van der Waals surface area contributed by atoms with E-state index in [1.54, 1.807) is 0 Å². The van der Waals surface area contributed by atoms with Crippen LogP contribution >= 0.6 is 0 Å². The molecule has 0 amide bonds. The summed E-state index contributed by atoms with van der Waals surface area (Å²) in [6.07, 6.45) is 9.87. The Morgan fingerprint density at radius 3 is 2.67 bits per heavy atom. The van der Waals surface area contributed by atoms with E-state index in [-0.39, 0.29) is 0 Å². The molecule has 0 bridgehead atoms. The highest BCUT2D eigenvalue weighted by molar-refractivity contribution is 4.88. The van der Waals surface area contributed by atoms with Crippen molar-refractivity contribution in [3.63, 3.8) is 0 Å². The summed E-state index contributed by atoms with van der Waals surface area (Å²) in [6, 6.07) is 0.837. The summed E-state index contributed by atoms with van der Waals surface area (Å²) in [6.45, 7) is 2.20. The Hall–Kier alpha value is -0.0800. The summed E-state index contributed by atoms with van der Waals surface area (Å²) in [5, 5.41) is 0. The zero-order valence-electron chi connectivity index (χ0n) is 10.1. The Balaban J connectivity index is 2.11. The number of fused-ring (bicyclic) bond motifs is 1. The number of rotatable bonds is 1. The van der Waals surface area contributed by atoms with Crippen LogP contribution in [-0.2, 0) is 0 Å². The Bertz CT molecular complexity index is 193.